The number of nitrogen functional groups attached to an aromatic ring is 1. The van der Waals surface area contributed by atoms with Crippen LogP contribution in [-0.4, -0.2) is 14.2 Å². The average Bonchev–Trinajstić information content (AvgIpc) is 2.41. The van der Waals surface area contributed by atoms with Gasteiger partial charge in [0.2, 0.25) is 0 Å². The maximum atomic E-state index is 13.6. The Hall–Kier alpha value is -2.43. The summed E-state index contributed by atoms with van der Waals surface area (Å²) in [5, 5.41) is 0. The lowest BCUT2D eigenvalue weighted by Crippen LogP contribution is -1.93. The molecule has 2 N–H and O–H groups in total. The van der Waals surface area contributed by atoms with E-state index < -0.39 is 5.82 Å². The first-order valence-corrected chi connectivity index (χ1v) is 5.58. The van der Waals surface area contributed by atoms with Crippen molar-refractivity contribution in [2.24, 2.45) is 0 Å². The van der Waals surface area contributed by atoms with Crippen LogP contribution >= 0.6 is 0 Å². The van der Waals surface area contributed by atoms with E-state index >= 15 is 0 Å². The first kappa shape index (κ1) is 13.0. The SMILES string of the molecule is COc1cc(OC)cc(Oc2ccc(N)cc2F)c1. The van der Waals surface area contributed by atoms with Crippen molar-refractivity contribution in [3.8, 4) is 23.0 Å². The molecule has 0 saturated carbocycles. The average molecular weight is 263 g/mol. The third kappa shape index (κ3) is 3.07. The van der Waals surface area contributed by atoms with Crippen LogP contribution in [0.15, 0.2) is 36.4 Å². The molecular weight excluding hydrogens is 249 g/mol. The highest BCUT2D eigenvalue weighted by Gasteiger charge is 2.08. The summed E-state index contributed by atoms with van der Waals surface area (Å²) in [6, 6.07) is 9.21. The lowest BCUT2D eigenvalue weighted by atomic mass is 10.2. The Bertz CT molecular complexity index is 565. The third-order valence-electron chi connectivity index (χ3n) is 2.51. The molecule has 2 aromatic rings. The first-order valence-electron chi connectivity index (χ1n) is 5.58. The number of benzene rings is 2. The van der Waals surface area contributed by atoms with Gasteiger partial charge in [0.05, 0.1) is 14.2 Å². The van der Waals surface area contributed by atoms with Crippen molar-refractivity contribution in [3.05, 3.63) is 42.2 Å². The summed E-state index contributed by atoms with van der Waals surface area (Å²) >= 11 is 0. The zero-order valence-electron chi connectivity index (χ0n) is 10.6. The van der Waals surface area contributed by atoms with Crippen LogP contribution in [0.25, 0.3) is 0 Å². The van der Waals surface area contributed by atoms with E-state index in [1.807, 2.05) is 0 Å². The largest absolute Gasteiger partial charge is 0.496 e. The van der Waals surface area contributed by atoms with Crippen LogP contribution in [0, 0.1) is 5.82 Å². The highest BCUT2D eigenvalue weighted by atomic mass is 19.1. The highest BCUT2D eigenvalue weighted by Crippen LogP contribution is 2.32. The van der Waals surface area contributed by atoms with E-state index in [9.17, 15) is 4.39 Å². The molecule has 100 valence electrons. The molecule has 0 aliphatic heterocycles. The minimum Gasteiger partial charge on any atom is -0.496 e. The van der Waals surface area contributed by atoms with Gasteiger partial charge in [-0.1, -0.05) is 0 Å². The van der Waals surface area contributed by atoms with Gasteiger partial charge < -0.3 is 19.9 Å². The molecule has 0 aliphatic rings. The highest BCUT2D eigenvalue weighted by molar-refractivity contribution is 5.47. The number of hydrogen-bond acceptors (Lipinski definition) is 4. The number of rotatable bonds is 4. The molecule has 2 aromatic carbocycles. The summed E-state index contributed by atoms with van der Waals surface area (Å²) in [7, 11) is 3.06. The number of methoxy groups -OCH3 is 2. The summed E-state index contributed by atoms with van der Waals surface area (Å²) in [6.07, 6.45) is 0. The zero-order valence-corrected chi connectivity index (χ0v) is 10.6. The first-order chi connectivity index (χ1) is 9.12. The second-order valence-corrected chi connectivity index (χ2v) is 3.84. The number of halogens is 1. The monoisotopic (exact) mass is 263 g/mol. The van der Waals surface area contributed by atoms with E-state index in [0.29, 0.717) is 22.9 Å². The fourth-order valence-electron chi connectivity index (χ4n) is 1.57. The molecular formula is C14H14FNO3. The van der Waals surface area contributed by atoms with E-state index in [1.165, 1.54) is 26.4 Å². The van der Waals surface area contributed by atoms with Crippen LogP contribution in [0.1, 0.15) is 0 Å². The van der Waals surface area contributed by atoms with E-state index in [1.54, 1.807) is 24.3 Å². The van der Waals surface area contributed by atoms with Gasteiger partial charge in [-0.2, -0.15) is 0 Å². The van der Waals surface area contributed by atoms with Gasteiger partial charge in [0.15, 0.2) is 11.6 Å². The third-order valence-corrected chi connectivity index (χ3v) is 2.51. The van der Waals surface area contributed by atoms with Gasteiger partial charge in [0, 0.05) is 30.0 Å². The molecule has 0 heterocycles. The quantitative estimate of drug-likeness (QED) is 0.860. The minimum absolute atomic E-state index is 0.0875. The standard InChI is InChI=1S/C14H14FNO3/c1-17-10-6-11(18-2)8-12(7-10)19-14-4-3-9(16)5-13(14)15/h3-8H,16H2,1-2H3. The minimum atomic E-state index is -0.526. The van der Waals surface area contributed by atoms with Crippen molar-refractivity contribution < 1.29 is 18.6 Å². The van der Waals surface area contributed by atoms with E-state index in [2.05, 4.69) is 0 Å². The van der Waals surface area contributed by atoms with Gasteiger partial charge in [0.1, 0.15) is 17.2 Å². The molecule has 0 spiro atoms. The molecule has 0 unspecified atom stereocenters. The predicted molar refractivity (Wildman–Crippen MR) is 70.4 cm³/mol. The fourth-order valence-corrected chi connectivity index (χ4v) is 1.57. The Morgan fingerprint density at radius 1 is 0.895 bits per heavy atom. The number of anilines is 1. The molecule has 0 fully saturated rings. The molecule has 0 radical (unpaired) electrons. The fraction of sp³-hybridized carbons (Fsp3) is 0.143. The molecule has 0 aliphatic carbocycles. The normalized spacial score (nSPS) is 10.1. The smallest absolute Gasteiger partial charge is 0.167 e. The Labute approximate surface area is 110 Å². The Balaban J connectivity index is 2.31. The number of hydrogen-bond donors (Lipinski definition) is 1. The van der Waals surface area contributed by atoms with Crippen LogP contribution in [0.2, 0.25) is 0 Å². The van der Waals surface area contributed by atoms with Crippen LogP contribution < -0.4 is 19.9 Å². The second kappa shape index (κ2) is 5.48. The molecule has 0 aromatic heterocycles. The molecule has 0 saturated heterocycles. The Morgan fingerprint density at radius 2 is 1.47 bits per heavy atom. The maximum absolute atomic E-state index is 13.6. The second-order valence-electron chi connectivity index (χ2n) is 3.84. The molecule has 0 bridgehead atoms. The van der Waals surface area contributed by atoms with Crippen LogP contribution in [-0.2, 0) is 0 Å². The Morgan fingerprint density at radius 3 is 2.00 bits per heavy atom. The summed E-state index contributed by atoms with van der Waals surface area (Å²) < 4.78 is 29.3. The van der Waals surface area contributed by atoms with Gasteiger partial charge in [-0.15, -0.1) is 0 Å². The van der Waals surface area contributed by atoms with E-state index in [0.717, 1.165) is 0 Å². The van der Waals surface area contributed by atoms with Crippen molar-refractivity contribution >= 4 is 5.69 Å². The lowest BCUT2D eigenvalue weighted by Gasteiger charge is -2.10. The van der Waals surface area contributed by atoms with Gasteiger partial charge in [-0.3, -0.25) is 0 Å². The van der Waals surface area contributed by atoms with Crippen LogP contribution in [0.5, 0.6) is 23.0 Å². The van der Waals surface area contributed by atoms with Crippen molar-refractivity contribution in [3.63, 3.8) is 0 Å². The van der Waals surface area contributed by atoms with Gasteiger partial charge >= 0.3 is 0 Å². The molecule has 5 heteroatoms. The molecule has 2 rings (SSSR count). The Kier molecular flexibility index (Phi) is 3.75. The molecule has 0 amide bonds. The topological polar surface area (TPSA) is 53.7 Å². The molecule has 4 nitrogen and oxygen atoms in total. The van der Waals surface area contributed by atoms with Crippen molar-refractivity contribution in [1.82, 2.24) is 0 Å². The molecule has 19 heavy (non-hydrogen) atoms. The number of nitrogens with two attached hydrogens (primary N) is 1. The number of ether oxygens (including phenoxy) is 3. The van der Waals surface area contributed by atoms with Crippen LogP contribution in [0.4, 0.5) is 10.1 Å². The molecule has 0 atom stereocenters. The van der Waals surface area contributed by atoms with E-state index in [4.69, 9.17) is 19.9 Å². The van der Waals surface area contributed by atoms with Crippen molar-refractivity contribution in [1.29, 1.82) is 0 Å². The van der Waals surface area contributed by atoms with Crippen molar-refractivity contribution in [2.75, 3.05) is 20.0 Å². The van der Waals surface area contributed by atoms with Gasteiger partial charge in [-0.25, -0.2) is 4.39 Å². The summed E-state index contributed by atoms with van der Waals surface area (Å²) in [4.78, 5) is 0. The van der Waals surface area contributed by atoms with E-state index in [-0.39, 0.29) is 5.75 Å². The zero-order chi connectivity index (χ0) is 13.8. The van der Waals surface area contributed by atoms with Gasteiger partial charge in [-0.05, 0) is 12.1 Å². The summed E-state index contributed by atoms with van der Waals surface area (Å²) in [5.41, 5.74) is 5.82. The summed E-state index contributed by atoms with van der Waals surface area (Å²) in [6.45, 7) is 0. The van der Waals surface area contributed by atoms with Gasteiger partial charge in [0.25, 0.3) is 0 Å². The summed E-state index contributed by atoms with van der Waals surface area (Å²) in [5.74, 6) is 1.10. The predicted octanol–water partition coefficient (Wildman–Crippen LogP) is 3.22. The van der Waals surface area contributed by atoms with Crippen molar-refractivity contribution in [2.45, 2.75) is 0 Å². The lowest BCUT2D eigenvalue weighted by molar-refractivity contribution is 0.383. The van der Waals surface area contributed by atoms with Crippen LogP contribution in [0.3, 0.4) is 0 Å². The maximum Gasteiger partial charge on any atom is 0.167 e.